The van der Waals surface area contributed by atoms with Gasteiger partial charge in [0, 0.05) is 24.7 Å². The van der Waals surface area contributed by atoms with Crippen LogP contribution in [0, 0.1) is 11.8 Å². The number of nitrogens with zero attached hydrogens (tertiary/aromatic N) is 1. The third-order valence-electron chi connectivity index (χ3n) is 5.77. The van der Waals surface area contributed by atoms with Gasteiger partial charge < -0.3 is 5.32 Å². The first-order valence-corrected chi connectivity index (χ1v) is 9.30. The van der Waals surface area contributed by atoms with Crippen molar-refractivity contribution < 1.29 is 0 Å². The van der Waals surface area contributed by atoms with Crippen LogP contribution in [0.15, 0.2) is 0 Å². The lowest BCUT2D eigenvalue weighted by atomic mass is 9.80. The summed E-state index contributed by atoms with van der Waals surface area (Å²) in [6.07, 6.45) is 12.9. The molecule has 0 bridgehead atoms. The predicted octanol–water partition coefficient (Wildman–Crippen LogP) is 3.81. The molecular weight excluding hydrogens is 244 g/mol. The smallest absolute Gasteiger partial charge is 0.0255 e. The third-order valence-corrected chi connectivity index (χ3v) is 5.77. The van der Waals surface area contributed by atoms with E-state index in [0.29, 0.717) is 0 Å². The molecule has 1 N–H and O–H groups in total. The molecule has 0 aliphatic heterocycles. The lowest BCUT2D eigenvalue weighted by molar-refractivity contribution is 0.0842. The lowest BCUT2D eigenvalue weighted by Gasteiger charge is -2.43. The predicted molar refractivity (Wildman–Crippen MR) is 86.0 cm³/mol. The molecule has 3 rings (SSSR count). The molecule has 0 aromatic carbocycles. The Morgan fingerprint density at radius 2 is 1.70 bits per heavy atom. The van der Waals surface area contributed by atoms with Gasteiger partial charge in [0.15, 0.2) is 0 Å². The van der Waals surface area contributed by atoms with E-state index in [-0.39, 0.29) is 0 Å². The largest absolute Gasteiger partial charge is 0.312 e. The quantitative estimate of drug-likeness (QED) is 0.726. The van der Waals surface area contributed by atoms with Crippen molar-refractivity contribution in [2.45, 2.75) is 89.8 Å². The number of hydrogen-bond donors (Lipinski definition) is 1. The van der Waals surface area contributed by atoms with Crippen LogP contribution < -0.4 is 5.32 Å². The van der Waals surface area contributed by atoms with Gasteiger partial charge in [0.1, 0.15) is 0 Å². The number of hydrogen-bond acceptors (Lipinski definition) is 2. The van der Waals surface area contributed by atoms with E-state index in [0.717, 1.165) is 30.0 Å². The zero-order valence-electron chi connectivity index (χ0n) is 13.6. The minimum atomic E-state index is 0.775. The molecule has 3 aliphatic rings. The summed E-state index contributed by atoms with van der Waals surface area (Å²) in [7, 11) is 0. The summed E-state index contributed by atoms with van der Waals surface area (Å²) in [5.74, 6) is 2.03. The first-order chi connectivity index (χ1) is 9.81. The molecule has 3 aliphatic carbocycles. The number of nitrogens with one attached hydrogen (secondary N) is 1. The van der Waals surface area contributed by atoms with Gasteiger partial charge >= 0.3 is 0 Å². The molecule has 0 radical (unpaired) electrons. The van der Waals surface area contributed by atoms with Crippen molar-refractivity contribution in [3.63, 3.8) is 0 Å². The topological polar surface area (TPSA) is 15.3 Å². The molecule has 0 spiro atoms. The highest BCUT2D eigenvalue weighted by atomic mass is 15.2. The fraction of sp³-hybridized carbons (Fsp3) is 1.00. The fourth-order valence-electron chi connectivity index (χ4n) is 4.10. The van der Waals surface area contributed by atoms with E-state index in [1.165, 1.54) is 70.9 Å². The van der Waals surface area contributed by atoms with Crippen LogP contribution in [-0.2, 0) is 0 Å². The second-order valence-electron chi connectivity index (χ2n) is 7.59. The Hall–Kier alpha value is -0.0800. The first-order valence-electron chi connectivity index (χ1n) is 9.30. The van der Waals surface area contributed by atoms with Crippen LogP contribution in [0.1, 0.15) is 71.6 Å². The Morgan fingerprint density at radius 1 is 0.950 bits per heavy atom. The third kappa shape index (κ3) is 3.76. The van der Waals surface area contributed by atoms with E-state index < -0.39 is 0 Å². The zero-order valence-corrected chi connectivity index (χ0v) is 13.6. The summed E-state index contributed by atoms with van der Waals surface area (Å²) < 4.78 is 0. The molecule has 0 aromatic heterocycles. The highest BCUT2D eigenvalue weighted by molar-refractivity contribution is 4.98. The van der Waals surface area contributed by atoms with E-state index in [4.69, 9.17) is 0 Å². The molecule has 2 heteroatoms. The molecule has 3 fully saturated rings. The Morgan fingerprint density at radius 3 is 2.30 bits per heavy atom. The molecule has 3 saturated carbocycles. The van der Waals surface area contributed by atoms with Crippen molar-refractivity contribution in [2.24, 2.45) is 11.8 Å². The van der Waals surface area contributed by atoms with Crippen LogP contribution in [0.4, 0.5) is 0 Å². The standard InChI is InChI=1S/C18H34N2/c1-3-11-19-17-10-7-14(4-2)12-18(17)20(16-8-9-16)13-15-5-6-15/h14-19H,3-13H2,1-2H3. The van der Waals surface area contributed by atoms with E-state index in [1.807, 2.05) is 0 Å². The van der Waals surface area contributed by atoms with Crippen molar-refractivity contribution in [1.29, 1.82) is 0 Å². The van der Waals surface area contributed by atoms with E-state index in [1.54, 1.807) is 0 Å². The van der Waals surface area contributed by atoms with Gasteiger partial charge in [-0.3, -0.25) is 4.90 Å². The Balaban J connectivity index is 1.64. The molecule has 3 unspecified atom stereocenters. The molecule has 0 aromatic rings. The van der Waals surface area contributed by atoms with E-state index in [9.17, 15) is 0 Å². The van der Waals surface area contributed by atoms with Crippen LogP contribution in [0.3, 0.4) is 0 Å². The molecule has 0 heterocycles. The maximum atomic E-state index is 3.88. The van der Waals surface area contributed by atoms with Gasteiger partial charge in [-0.15, -0.1) is 0 Å². The molecule has 20 heavy (non-hydrogen) atoms. The van der Waals surface area contributed by atoms with Crippen molar-refractivity contribution in [3.05, 3.63) is 0 Å². The minimum Gasteiger partial charge on any atom is -0.312 e. The first kappa shape index (κ1) is 14.8. The van der Waals surface area contributed by atoms with Gasteiger partial charge in [0.2, 0.25) is 0 Å². The lowest BCUT2D eigenvalue weighted by Crippen LogP contribution is -2.54. The molecule has 0 saturated heterocycles. The highest BCUT2D eigenvalue weighted by Gasteiger charge is 2.42. The summed E-state index contributed by atoms with van der Waals surface area (Å²) >= 11 is 0. The van der Waals surface area contributed by atoms with Crippen LogP contribution in [0.25, 0.3) is 0 Å². The van der Waals surface area contributed by atoms with Gasteiger partial charge in [-0.25, -0.2) is 0 Å². The van der Waals surface area contributed by atoms with Gasteiger partial charge in [0.05, 0.1) is 0 Å². The maximum absolute atomic E-state index is 3.88. The normalized spacial score (nSPS) is 34.6. The molecule has 0 amide bonds. The summed E-state index contributed by atoms with van der Waals surface area (Å²) in [5.41, 5.74) is 0. The Kier molecular flexibility index (Phi) is 5.04. The summed E-state index contributed by atoms with van der Waals surface area (Å²) in [4.78, 5) is 2.95. The molecular formula is C18H34N2. The van der Waals surface area contributed by atoms with Crippen LogP contribution in [0.5, 0.6) is 0 Å². The summed E-state index contributed by atoms with van der Waals surface area (Å²) in [6.45, 7) is 7.31. The SMILES string of the molecule is CCCNC1CCC(CC)CC1N(CC1CC1)C1CC1. The summed E-state index contributed by atoms with van der Waals surface area (Å²) in [6, 6.07) is 2.56. The van der Waals surface area contributed by atoms with E-state index >= 15 is 0 Å². The zero-order chi connectivity index (χ0) is 13.9. The van der Waals surface area contributed by atoms with Gasteiger partial charge in [0.25, 0.3) is 0 Å². The Labute approximate surface area is 125 Å². The average molecular weight is 278 g/mol. The van der Waals surface area contributed by atoms with Crippen molar-refractivity contribution in [2.75, 3.05) is 13.1 Å². The van der Waals surface area contributed by atoms with Crippen LogP contribution in [0.2, 0.25) is 0 Å². The van der Waals surface area contributed by atoms with E-state index in [2.05, 4.69) is 24.1 Å². The second kappa shape index (κ2) is 6.79. The second-order valence-corrected chi connectivity index (χ2v) is 7.59. The van der Waals surface area contributed by atoms with Crippen molar-refractivity contribution in [3.8, 4) is 0 Å². The van der Waals surface area contributed by atoms with Crippen molar-refractivity contribution in [1.82, 2.24) is 10.2 Å². The molecule has 3 atom stereocenters. The molecule has 2 nitrogen and oxygen atoms in total. The average Bonchev–Trinajstić information content (AvgIpc) is 3.36. The minimum absolute atomic E-state index is 0.775. The summed E-state index contributed by atoms with van der Waals surface area (Å²) in [5, 5.41) is 3.88. The Bertz CT molecular complexity index is 296. The number of rotatable bonds is 8. The fourth-order valence-corrected chi connectivity index (χ4v) is 4.10. The van der Waals surface area contributed by atoms with Gasteiger partial charge in [-0.2, -0.15) is 0 Å². The van der Waals surface area contributed by atoms with Crippen LogP contribution >= 0.6 is 0 Å². The highest BCUT2D eigenvalue weighted by Crippen LogP contribution is 2.40. The maximum Gasteiger partial charge on any atom is 0.0255 e. The van der Waals surface area contributed by atoms with Gasteiger partial charge in [-0.05, 0) is 69.7 Å². The molecule has 116 valence electrons. The van der Waals surface area contributed by atoms with Crippen LogP contribution in [-0.4, -0.2) is 36.1 Å². The monoisotopic (exact) mass is 278 g/mol. The van der Waals surface area contributed by atoms with Crippen molar-refractivity contribution >= 4 is 0 Å². The van der Waals surface area contributed by atoms with Gasteiger partial charge in [-0.1, -0.05) is 20.3 Å².